The van der Waals surface area contributed by atoms with Crippen LogP contribution < -0.4 is 20.4 Å². The van der Waals surface area contributed by atoms with E-state index in [1.807, 2.05) is 0 Å². The molecule has 0 unspecified atom stereocenters. The van der Waals surface area contributed by atoms with Crippen molar-refractivity contribution in [3.8, 4) is 0 Å². The number of morpholine rings is 2. The maximum Gasteiger partial charge on any atom is 0.233 e. The van der Waals surface area contributed by atoms with Gasteiger partial charge in [-0.25, -0.2) is 0 Å². The number of benzene rings is 1. The first-order valence-electron chi connectivity index (χ1n) is 10.4. The van der Waals surface area contributed by atoms with Crippen LogP contribution in [0.15, 0.2) is 18.2 Å². The van der Waals surface area contributed by atoms with Gasteiger partial charge in [-0.3, -0.25) is 0 Å². The highest BCUT2D eigenvalue weighted by molar-refractivity contribution is 14.1. The van der Waals surface area contributed by atoms with Crippen LogP contribution >= 0.6 is 22.6 Å². The Bertz CT molecular complexity index is 842. The van der Waals surface area contributed by atoms with Crippen LogP contribution in [-0.4, -0.2) is 80.6 Å². The van der Waals surface area contributed by atoms with Gasteiger partial charge in [-0.15, -0.1) is 0 Å². The molecule has 1 aromatic carbocycles. The summed E-state index contributed by atoms with van der Waals surface area (Å²) in [6.45, 7) is 10.6. The van der Waals surface area contributed by atoms with Crippen molar-refractivity contribution in [1.29, 1.82) is 0 Å². The molecule has 0 bridgehead atoms. The van der Waals surface area contributed by atoms with Crippen LogP contribution in [-0.2, 0) is 9.47 Å². The van der Waals surface area contributed by atoms with Crippen LogP contribution in [0.5, 0.6) is 0 Å². The Kier molecular flexibility index (Phi) is 7.52. The van der Waals surface area contributed by atoms with E-state index in [1.165, 1.54) is 3.57 Å². The van der Waals surface area contributed by atoms with Gasteiger partial charge in [0.25, 0.3) is 0 Å². The van der Waals surface area contributed by atoms with Crippen LogP contribution in [0.1, 0.15) is 5.56 Å². The molecular formula is C20H29IN7O2+. The summed E-state index contributed by atoms with van der Waals surface area (Å²) >= 11 is 2.32. The van der Waals surface area contributed by atoms with E-state index in [0.29, 0.717) is 31.1 Å². The smallest absolute Gasteiger partial charge is 0.233 e. The second kappa shape index (κ2) is 10.5. The van der Waals surface area contributed by atoms with Gasteiger partial charge in [0.15, 0.2) is 0 Å². The van der Waals surface area contributed by atoms with E-state index >= 15 is 0 Å². The lowest BCUT2D eigenvalue weighted by atomic mass is 10.2. The number of nitrogens with one attached hydrogen (secondary N) is 3. The number of ether oxygens (including phenoxy) is 2. The zero-order chi connectivity index (χ0) is 20.8. The highest BCUT2D eigenvalue weighted by Crippen LogP contribution is 2.22. The number of rotatable bonds is 7. The van der Waals surface area contributed by atoms with Crippen LogP contribution in [0.4, 0.5) is 23.5 Å². The summed E-state index contributed by atoms with van der Waals surface area (Å²) in [6, 6.07) is 6.27. The molecule has 0 saturated carbocycles. The number of nitrogens with zero attached hydrogens (tertiary/aromatic N) is 4. The van der Waals surface area contributed by atoms with Gasteiger partial charge in [-0.2, -0.15) is 15.0 Å². The average molecular weight is 526 g/mol. The molecular weight excluding hydrogens is 497 g/mol. The Morgan fingerprint density at radius 3 is 2.53 bits per heavy atom. The van der Waals surface area contributed by atoms with Crippen molar-refractivity contribution < 1.29 is 14.4 Å². The third kappa shape index (κ3) is 5.90. The Hall–Kier alpha value is -1.76. The van der Waals surface area contributed by atoms with Crippen LogP contribution in [0, 0.1) is 10.5 Å². The molecule has 0 spiro atoms. The topological polar surface area (TPSA) is 88.9 Å². The van der Waals surface area contributed by atoms with Crippen molar-refractivity contribution >= 4 is 46.1 Å². The van der Waals surface area contributed by atoms with Gasteiger partial charge in [0.2, 0.25) is 17.8 Å². The molecule has 3 N–H and O–H groups in total. The minimum absolute atomic E-state index is 0.553. The summed E-state index contributed by atoms with van der Waals surface area (Å²) in [6.07, 6.45) is 0. The van der Waals surface area contributed by atoms with Crippen molar-refractivity contribution in [3.05, 3.63) is 27.3 Å². The number of hydrogen-bond acceptors (Lipinski definition) is 8. The van der Waals surface area contributed by atoms with E-state index < -0.39 is 0 Å². The number of aryl methyl sites for hydroxylation is 1. The quantitative estimate of drug-likeness (QED) is 0.455. The summed E-state index contributed by atoms with van der Waals surface area (Å²) in [5.74, 6) is 1.84. The van der Waals surface area contributed by atoms with E-state index in [4.69, 9.17) is 9.47 Å². The standard InChI is InChI=1S/C20H28IN7O2/c1-15-14-16(21)2-3-17(15)23-19-24-18(22-4-5-27-6-10-29-11-7-27)25-20(26-19)28-8-12-30-13-9-28/h2-3,14H,4-13H2,1H3,(H2,22,23,24,25,26)/p+1. The predicted octanol–water partition coefficient (Wildman–Crippen LogP) is 0.692. The molecule has 10 heteroatoms. The van der Waals surface area contributed by atoms with Crippen molar-refractivity contribution in [2.24, 2.45) is 0 Å². The molecule has 2 aliphatic rings. The normalized spacial score (nSPS) is 17.7. The van der Waals surface area contributed by atoms with Gasteiger partial charge < -0.3 is 29.9 Å². The minimum atomic E-state index is 0.553. The molecule has 0 atom stereocenters. The first-order valence-corrected chi connectivity index (χ1v) is 11.5. The molecule has 2 fully saturated rings. The minimum Gasteiger partial charge on any atom is -0.378 e. The molecule has 2 aliphatic heterocycles. The summed E-state index contributed by atoms with van der Waals surface area (Å²) in [4.78, 5) is 17.7. The number of aromatic nitrogens is 3. The average Bonchev–Trinajstić information content (AvgIpc) is 2.77. The molecule has 162 valence electrons. The lowest BCUT2D eigenvalue weighted by molar-refractivity contribution is -0.906. The van der Waals surface area contributed by atoms with E-state index in [9.17, 15) is 0 Å². The number of quaternary nitrogens is 1. The molecule has 2 saturated heterocycles. The molecule has 2 aromatic rings. The van der Waals surface area contributed by atoms with E-state index in [0.717, 1.165) is 63.7 Å². The summed E-state index contributed by atoms with van der Waals surface area (Å²) < 4.78 is 12.1. The SMILES string of the molecule is Cc1cc(I)ccc1Nc1nc(NCC[NH+]2CCOCC2)nc(N2CCOCC2)n1. The summed E-state index contributed by atoms with van der Waals surface area (Å²) in [5.41, 5.74) is 2.15. The molecule has 30 heavy (non-hydrogen) atoms. The van der Waals surface area contributed by atoms with Crippen molar-refractivity contribution in [2.45, 2.75) is 6.92 Å². The highest BCUT2D eigenvalue weighted by Gasteiger charge is 2.18. The maximum absolute atomic E-state index is 5.48. The fraction of sp³-hybridized carbons (Fsp3) is 0.550. The third-order valence-electron chi connectivity index (χ3n) is 5.31. The third-order valence-corrected chi connectivity index (χ3v) is 5.99. The van der Waals surface area contributed by atoms with E-state index in [1.54, 1.807) is 4.90 Å². The van der Waals surface area contributed by atoms with Crippen LogP contribution in [0.2, 0.25) is 0 Å². The van der Waals surface area contributed by atoms with Gasteiger partial charge in [-0.05, 0) is 53.3 Å². The number of halogens is 1. The Balaban J connectivity index is 1.49. The molecule has 0 aliphatic carbocycles. The van der Waals surface area contributed by atoms with Gasteiger partial charge >= 0.3 is 0 Å². The second-order valence-electron chi connectivity index (χ2n) is 7.51. The van der Waals surface area contributed by atoms with Gasteiger partial charge in [-0.1, -0.05) is 0 Å². The number of hydrogen-bond donors (Lipinski definition) is 3. The second-order valence-corrected chi connectivity index (χ2v) is 8.75. The van der Waals surface area contributed by atoms with E-state index in [2.05, 4.69) is 78.2 Å². The van der Waals surface area contributed by atoms with Gasteiger partial charge in [0.05, 0.1) is 39.5 Å². The molecule has 1 aromatic heterocycles. The van der Waals surface area contributed by atoms with E-state index in [-0.39, 0.29) is 0 Å². The Morgan fingerprint density at radius 2 is 1.77 bits per heavy atom. The van der Waals surface area contributed by atoms with Crippen molar-refractivity contribution in [3.63, 3.8) is 0 Å². The predicted molar refractivity (Wildman–Crippen MR) is 125 cm³/mol. The zero-order valence-corrected chi connectivity index (χ0v) is 19.4. The zero-order valence-electron chi connectivity index (χ0n) is 17.3. The summed E-state index contributed by atoms with van der Waals surface area (Å²) in [5, 5.41) is 6.77. The number of anilines is 4. The molecule has 3 heterocycles. The lowest BCUT2D eigenvalue weighted by Gasteiger charge is -2.27. The molecule has 9 nitrogen and oxygen atoms in total. The lowest BCUT2D eigenvalue weighted by Crippen LogP contribution is -3.14. The largest absolute Gasteiger partial charge is 0.378 e. The highest BCUT2D eigenvalue weighted by atomic mass is 127. The molecule has 0 amide bonds. The monoisotopic (exact) mass is 526 g/mol. The van der Waals surface area contributed by atoms with Gasteiger partial charge in [0.1, 0.15) is 13.1 Å². The Labute approximate surface area is 190 Å². The van der Waals surface area contributed by atoms with Crippen molar-refractivity contribution in [1.82, 2.24) is 15.0 Å². The van der Waals surface area contributed by atoms with Crippen molar-refractivity contribution in [2.75, 3.05) is 81.2 Å². The first-order chi connectivity index (χ1) is 14.7. The fourth-order valence-corrected chi connectivity index (χ4v) is 4.20. The molecule has 0 radical (unpaired) electrons. The Morgan fingerprint density at radius 1 is 1.03 bits per heavy atom. The fourth-order valence-electron chi connectivity index (χ4n) is 3.55. The van der Waals surface area contributed by atoms with Gasteiger partial charge in [0, 0.05) is 22.3 Å². The maximum atomic E-state index is 5.48. The first kappa shape index (κ1) is 21.5. The molecule has 4 rings (SSSR count). The van der Waals surface area contributed by atoms with Crippen LogP contribution in [0.3, 0.4) is 0 Å². The van der Waals surface area contributed by atoms with Crippen LogP contribution in [0.25, 0.3) is 0 Å². The summed E-state index contributed by atoms with van der Waals surface area (Å²) in [7, 11) is 0.